The minimum atomic E-state index is -1.45. The van der Waals surface area contributed by atoms with Crippen molar-refractivity contribution in [3.63, 3.8) is 0 Å². The van der Waals surface area contributed by atoms with Gasteiger partial charge >= 0.3 is 7.12 Å². The quantitative estimate of drug-likeness (QED) is 0.666. The third-order valence-corrected chi connectivity index (χ3v) is 2.69. The van der Waals surface area contributed by atoms with Gasteiger partial charge in [-0.2, -0.15) is 0 Å². The average Bonchev–Trinajstić information content (AvgIpc) is 2.69. The van der Waals surface area contributed by atoms with Gasteiger partial charge in [-0.25, -0.2) is 0 Å². The van der Waals surface area contributed by atoms with Gasteiger partial charge in [0.05, 0.1) is 11.8 Å². The van der Waals surface area contributed by atoms with Crippen molar-refractivity contribution in [1.29, 1.82) is 0 Å². The molecule has 1 aromatic rings. The Kier molecular flexibility index (Phi) is 3.04. The number of hydrogen-bond acceptors (Lipinski definition) is 4. The largest absolute Gasteiger partial charge is 0.490 e. The van der Waals surface area contributed by atoms with Gasteiger partial charge in [0.25, 0.3) is 0 Å². The van der Waals surface area contributed by atoms with E-state index >= 15 is 0 Å². The lowest BCUT2D eigenvalue weighted by atomic mass is 9.79. The number of pyridine rings is 1. The standard InChI is InChI=1S/C10H14BNO3/c1-7-8(11(13)14)4-5-9(12-7)10-3-2-6-15-10/h4-5,10,13-14H,2-3,6H2,1H3. The maximum absolute atomic E-state index is 9.05. The van der Waals surface area contributed by atoms with Crippen LogP contribution in [0.4, 0.5) is 0 Å². The van der Waals surface area contributed by atoms with Gasteiger partial charge < -0.3 is 14.8 Å². The van der Waals surface area contributed by atoms with Crippen molar-refractivity contribution in [2.45, 2.75) is 25.9 Å². The molecule has 0 radical (unpaired) electrons. The van der Waals surface area contributed by atoms with E-state index in [-0.39, 0.29) is 6.10 Å². The Balaban J connectivity index is 2.24. The monoisotopic (exact) mass is 207 g/mol. The fraction of sp³-hybridized carbons (Fsp3) is 0.500. The molecule has 0 bridgehead atoms. The minimum Gasteiger partial charge on any atom is -0.423 e. The van der Waals surface area contributed by atoms with Crippen LogP contribution in [0.5, 0.6) is 0 Å². The van der Waals surface area contributed by atoms with Gasteiger partial charge in [-0.15, -0.1) is 0 Å². The molecule has 80 valence electrons. The van der Waals surface area contributed by atoms with Gasteiger partial charge in [0, 0.05) is 17.8 Å². The van der Waals surface area contributed by atoms with E-state index in [1.54, 1.807) is 19.1 Å². The molecule has 2 heterocycles. The molecule has 0 aromatic carbocycles. The summed E-state index contributed by atoms with van der Waals surface area (Å²) >= 11 is 0. The Bertz CT molecular complexity index is 351. The van der Waals surface area contributed by atoms with Crippen LogP contribution >= 0.6 is 0 Å². The predicted octanol–water partition coefficient (Wildman–Crippen LogP) is -0.0787. The Morgan fingerprint density at radius 1 is 1.47 bits per heavy atom. The molecule has 1 atom stereocenters. The summed E-state index contributed by atoms with van der Waals surface area (Å²) < 4.78 is 5.51. The van der Waals surface area contributed by atoms with Crippen molar-refractivity contribution in [3.8, 4) is 0 Å². The zero-order valence-corrected chi connectivity index (χ0v) is 8.68. The van der Waals surface area contributed by atoms with Crippen molar-refractivity contribution in [2.75, 3.05) is 6.61 Å². The van der Waals surface area contributed by atoms with Crippen LogP contribution in [0.2, 0.25) is 0 Å². The molecule has 0 aliphatic carbocycles. The highest BCUT2D eigenvalue weighted by Crippen LogP contribution is 2.26. The maximum Gasteiger partial charge on any atom is 0.490 e. The Morgan fingerprint density at radius 2 is 2.27 bits per heavy atom. The van der Waals surface area contributed by atoms with Crippen LogP contribution in [-0.4, -0.2) is 28.8 Å². The zero-order valence-electron chi connectivity index (χ0n) is 8.68. The molecule has 1 aliphatic heterocycles. The van der Waals surface area contributed by atoms with Crippen LogP contribution in [0, 0.1) is 6.92 Å². The summed E-state index contributed by atoms with van der Waals surface area (Å²) in [6, 6.07) is 3.50. The van der Waals surface area contributed by atoms with Crippen LogP contribution in [-0.2, 0) is 4.74 Å². The zero-order chi connectivity index (χ0) is 10.8. The normalized spacial score (nSPS) is 20.6. The Hall–Kier alpha value is -0.905. The topological polar surface area (TPSA) is 62.6 Å². The number of rotatable bonds is 2. The SMILES string of the molecule is Cc1nc(C2CCCO2)ccc1B(O)O. The molecule has 0 saturated carbocycles. The number of nitrogens with zero attached hydrogens (tertiary/aromatic N) is 1. The van der Waals surface area contributed by atoms with Crippen LogP contribution in [0.1, 0.15) is 30.3 Å². The third-order valence-electron chi connectivity index (χ3n) is 2.69. The predicted molar refractivity (Wildman–Crippen MR) is 56.7 cm³/mol. The molecule has 5 heteroatoms. The minimum absolute atomic E-state index is 0.0774. The van der Waals surface area contributed by atoms with Crippen molar-refractivity contribution >= 4 is 12.6 Å². The van der Waals surface area contributed by atoms with E-state index in [4.69, 9.17) is 14.8 Å². The molecule has 1 saturated heterocycles. The van der Waals surface area contributed by atoms with Gasteiger partial charge in [0.1, 0.15) is 0 Å². The highest BCUT2D eigenvalue weighted by atomic mass is 16.5. The van der Waals surface area contributed by atoms with E-state index in [1.165, 1.54) is 0 Å². The first-order valence-electron chi connectivity index (χ1n) is 5.13. The first-order chi connectivity index (χ1) is 7.18. The maximum atomic E-state index is 9.05. The molecule has 1 fully saturated rings. The fourth-order valence-electron chi connectivity index (χ4n) is 1.85. The second kappa shape index (κ2) is 4.30. The summed E-state index contributed by atoms with van der Waals surface area (Å²) in [4.78, 5) is 4.33. The van der Waals surface area contributed by atoms with E-state index in [2.05, 4.69) is 4.98 Å². The van der Waals surface area contributed by atoms with Crippen LogP contribution in [0.3, 0.4) is 0 Å². The smallest absolute Gasteiger partial charge is 0.423 e. The summed E-state index contributed by atoms with van der Waals surface area (Å²) in [5.74, 6) is 0. The van der Waals surface area contributed by atoms with Gasteiger partial charge in [0.15, 0.2) is 0 Å². The van der Waals surface area contributed by atoms with Gasteiger partial charge in [-0.3, -0.25) is 4.98 Å². The summed E-state index contributed by atoms with van der Waals surface area (Å²) in [6.07, 6.45) is 2.14. The Morgan fingerprint density at radius 3 is 2.80 bits per heavy atom. The molecular formula is C10H14BNO3. The van der Waals surface area contributed by atoms with Crippen LogP contribution in [0.25, 0.3) is 0 Å². The lowest BCUT2D eigenvalue weighted by Gasteiger charge is -2.11. The summed E-state index contributed by atoms with van der Waals surface area (Å²) in [5.41, 5.74) is 1.99. The number of ether oxygens (including phenoxy) is 1. The van der Waals surface area contributed by atoms with Gasteiger partial charge in [0.2, 0.25) is 0 Å². The summed E-state index contributed by atoms with van der Waals surface area (Å²) in [5, 5.41) is 18.1. The number of hydrogen-bond donors (Lipinski definition) is 2. The molecule has 1 aliphatic rings. The first kappa shape index (κ1) is 10.6. The molecule has 4 nitrogen and oxygen atoms in total. The van der Waals surface area contributed by atoms with Crippen LogP contribution < -0.4 is 5.46 Å². The van der Waals surface area contributed by atoms with E-state index in [1.807, 2.05) is 0 Å². The lowest BCUT2D eigenvalue weighted by Crippen LogP contribution is -2.33. The van der Waals surface area contributed by atoms with E-state index in [0.29, 0.717) is 11.2 Å². The highest BCUT2D eigenvalue weighted by Gasteiger charge is 2.21. The molecule has 0 amide bonds. The van der Waals surface area contributed by atoms with Crippen molar-refractivity contribution in [3.05, 3.63) is 23.5 Å². The second-order valence-corrected chi connectivity index (χ2v) is 3.79. The second-order valence-electron chi connectivity index (χ2n) is 3.79. The molecule has 2 rings (SSSR count). The van der Waals surface area contributed by atoms with E-state index in [0.717, 1.165) is 25.1 Å². The number of aryl methyl sites for hydroxylation is 1. The molecule has 0 spiro atoms. The van der Waals surface area contributed by atoms with E-state index < -0.39 is 7.12 Å². The van der Waals surface area contributed by atoms with Crippen LogP contribution in [0.15, 0.2) is 12.1 Å². The molecule has 2 N–H and O–H groups in total. The summed E-state index contributed by atoms with van der Waals surface area (Å²) in [7, 11) is -1.45. The van der Waals surface area contributed by atoms with E-state index in [9.17, 15) is 0 Å². The third kappa shape index (κ3) is 2.20. The Labute approximate surface area is 89.1 Å². The number of aromatic nitrogens is 1. The molecule has 15 heavy (non-hydrogen) atoms. The fourth-order valence-corrected chi connectivity index (χ4v) is 1.85. The average molecular weight is 207 g/mol. The van der Waals surface area contributed by atoms with Crippen molar-refractivity contribution < 1.29 is 14.8 Å². The summed E-state index contributed by atoms with van der Waals surface area (Å²) in [6.45, 7) is 2.56. The molecule has 1 aromatic heterocycles. The lowest BCUT2D eigenvalue weighted by molar-refractivity contribution is 0.108. The van der Waals surface area contributed by atoms with Gasteiger partial charge in [-0.1, -0.05) is 6.07 Å². The molecular weight excluding hydrogens is 193 g/mol. The van der Waals surface area contributed by atoms with Crippen molar-refractivity contribution in [1.82, 2.24) is 4.98 Å². The first-order valence-corrected chi connectivity index (χ1v) is 5.13. The highest BCUT2D eigenvalue weighted by molar-refractivity contribution is 6.59. The molecule has 1 unspecified atom stereocenters. The van der Waals surface area contributed by atoms with Gasteiger partial charge in [-0.05, 0) is 25.8 Å². The van der Waals surface area contributed by atoms with Crippen molar-refractivity contribution in [2.24, 2.45) is 0 Å².